The standard InChI is InChI=1S/C17H8F7NO/c18-9-3-8(7-25)4-10(5-9)26-13-2-1-12-11(14(13)15(19)20)6-16(21,22)17(12,23)24/h1-5,15H,6H2. The van der Waals surface area contributed by atoms with Gasteiger partial charge in [-0.3, -0.25) is 0 Å². The Morgan fingerprint density at radius 2 is 1.77 bits per heavy atom. The van der Waals surface area contributed by atoms with E-state index in [1.807, 2.05) is 0 Å². The third-order valence-electron chi connectivity index (χ3n) is 3.96. The molecule has 0 aromatic heterocycles. The van der Waals surface area contributed by atoms with E-state index in [9.17, 15) is 30.7 Å². The van der Waals surface area contributed by atoms with Gasteiger partial charge in [0.25, 0.3) is 6.43 Å². The van der Waals surface area contributed by atoms with Crippen molar-refractivity contribution in [2.45, 2.75) is 24.7 Å². The smallest absolute Gasteiger partial charge is 0.335 e. The molecule has 2 aromatic rings. The molecule has 136 valence electrons. The molecule has 2 aromatic carbocycles. The van der Waals surface area contributed by atoms with Crippen LogP contribution in [0.3, 0.4) is 0 Å². The highest BCUT2D eigenvalue weighted by Gasteiger charge is 2.63. The van der Waals surface area contributed by atoms with Crippen molar-refractivity contribution in [2.24, 2.45) is 0 Å². The molecule has 26 heavy (non-hydrogen) atoms. The summed E-state index contributed by atoms with van der Waals surface area (Å²) in [5.41, 5.74) is -3.37. The Balaban J connectivity index is 2.12. The van der Waals surface area contributed by atoms with Crippen LogP contribution in [0.2, 0.25) is 0 Å². The fraction of sp³-hybridized carbons (Fsp3) is 0.235. The molecule has 0 radical (unpaired) electrons. The average Bonchev–Trinajstić information content (AvgIpc) is 2.71. The summed E-state index contributed by atoms with van der Waals surface area (Å²) in [5, 5.41) is 8.78. The topological polar surface area (TPSA) is 33.0 Å². The molecule has 1 aliphatic carbocycles. The number of nitriles is 1. The minimum atomic E-state index is -4.59. The van der Waals surface area contributed by atoms with E-state index in [1.165, 1.54) is 0 Å². The Morgan fingerprint density at radius 3 is 2.38 bits per heavy atom. The molecular formula is C17H8F7NO. The van der Waals surface area contributed by atoms with Crippen molar-refractivity contribution in [2.75, 3.05) is 0 Å². The monoisotopic (exact) mass is 375 g/mol. The number of nitrogens with zero attached hydrogens (tertiary/aromatic N) is 1. The molecular weight excluding hydrogens is 367 g/mol. The zero-order chi connectivity index (χ0) is 19.3. The molecule has 0 bridgehead atoms. The summed E-state index contributed by atoms with van der Waals surface area (Å²) >= 11 is 0. The van der Waals surface area contributed by atoms with E-state index in [1.54, 1.807) is 6.07 Å². The molecule has 0 saturated heterocycles. The Labute approximate surface area is 142 Å². The van der Waals surface area contributed by atoms with Gasteiger partial charge in [-0.25, -0.2) is 13.2 Å². The first-order valence-corrected chi connectivity index (χ1v) is 7.15. The summed E-state index contributed by atoms with van der Waals surface area (Å²) in [6, 6.07) is 5.60. The maximum atomic E-state index is 13.7. The molecule has 1 aliphatic rings. The largest absolute Gasteiger partial charge is 0.457 e. The fourth-order valence-electron chi connectivity index (χ4n) is 2.80. The zero-order valence-electron chi connectivity index (χ0n) is 12.7. The van der Waals surface area contributed by atoms with Crippen LogP contribution < -0.4 is 4.74 Å². The zero-order valence-corrected chi connectivity index (χ0v) is 12.7. The van der Waals surface area contributed by atoms with Gasteiger partial charge in [-0.15, -0.1) is 0 Å². The van der Waals surface area contributed by atoms with Crippen LogP contribution in [0.15, 0.2) is 30.3 Å². The highest BCUT2D eigenvalue weighted by atomic mass is 19.3. The predicted molar refractivity (Wildman–Crippen MR) is 75.1 cm³/mol. The summed E-state index contributed by atoms with van der Waals surface area (Å²) < 4.78 is 99.9. The van der Waals surface area contributed by atoms with Crippen molar-refractivity contribution in [3.8, 4) is 17.6 Å². The van der Waals surface area contributed by atoms with Crippen molar-refractivity contribution >= 4 is 0 Å². The Kier molecular flexibility index (Phi) is 4.09. The summed E-state index contributed by atoms with van der Waals surface area (Å²) in [7, 11) is 0. The van der Waals surface area contributed by atoms with Gasteiger partial charge in [0.05, 0.1) is 17.2 Å². The van der Waals surface area contributed by atoms with Crippen LogP contribution in [0.5, 0.6) is 11.5 Å². The lowest BCUT2D eigenvalue weighted by Crippen LogP contribution is -2.33. The second kappa shape index (κ2) is 5.90. The summed E-state index contributed by atoms with van der Waals surface area (Å²) in [5.74, 6) is -11.0. The average molecular weight is 375 g/mol. The normalized spacial score (nSPS) is 17.0. The van der Waals surface area contributed by atoms with Crippen molar-refractivity contribution in [1.82, 2.24) is 0 Å². The maximum Gasteiger partial charge on any atom is 0.335 e. The number of ether oxygens (including phenoxy) is 1. The van der Waals surface area contributed by atoms with E-state index in [0.29, 0.717) is 12.1 Å². The molecule has 0 N–H and O–H groups in total. The first-order chi connectivity index (χ1) is 12.1. The van der Waals surface area contributed by atoms with E-state index in [2.05, 4.69) is 0 Å². The van der Waals surface area contributed by atoms with E-state index in [4.69, 9.17) is 10.00 Å². The predicted octanol–water partition coefficient (Wildman–Crippen LogP) is 5.71. The fourth-order valence-corrected chi connectivity index (χ4v) is 2.80. The molecule has 0 aliphatic heterocycles. The van der Waals surface area contributed by atoms with Gasteiger partial charge in [0.15, 0.2) is 0 Å². The van der Waals surface area contributed by atoms with Crippen LogP contribution in [0.4, 0.5) is 30.7 Å². The van der Waals surface area contributed by atoms with Gasteiger partial charge in [-0.2, -0.15) is 22.8 Å². The van der Waals surface area contributed by atoms with Gasteiger partial charge in [0.2, 0.25) is 0 Å². The van der Waals surface area contributed by atoms with Crippen LogP contribution in [-0.4, -0.2) is 5.92 Å². The quantitative estimate of drug-likeness (QED) is 0.644. The van der Waals surface area contributed by atoms with Gasteiger partial charge >= 0.3 is 11.8 Å². The highest BCUT2D eigenvalue weighted by Crippen LogP contribution is 2.55. The van der Waals surface area contributed by atoms with Crippen LogP contribution in [-0.2, 0) is 12.3 Å². The summed E-state index contributed by atoms with van der Waals surface area (Å²) in [4.78, 5) is 0. The van der Waals surface area contributed by atoms with Gasteiger partial charge in [0.1, 0.15) is 17.3 Å². The third kappa shape index (κ3) is 2.75. The Hall–Kier alpha value is -2.76. The van der Waals surface area contributed by atoms with Crippen LogP contribution in [0, 0.1) is 17.1 Å². The first kappa shape index (κ1) is 18.0. The minimum absolute atomic E-state index is 0.169. The van der Waals surface area contributed by atoms with Crippen molar-refractivity contribution in [1.29, 1.82) is 5.26 Å². The Bertz CT molecular complexity index is 918. The third-order valence-corrected chi connectivity index (χ3v) is 3.96. The van der Waals surface area contributed by atoms with Crippen LogP contribution >= 0.6 is 0 Å². The molecule has 9 heteroatoms. The molecule has 0 atom stereocenters. The molecule has 0 unspecified atom stereocenters. The molecule has 0 saturated carbocycles. The molecule has 0 fully saturated rings. The van der Waals surface area contributed by atoms with Gasteiger partial charge in [-0.05, 0) is 29.8 Å². The molecule has 2 nitrogen and oxygen atoms in total. The molecule has 0 heterocycles. The van der Waals surface area contributed by atoms with E-state index in [-0.39, 0.29) is 11.3 Å². The molecule has 3 rings (SSSR count). The number of hydrogen-bond acceptors (Lipinski definition) is 2. The minimum Gasteiger partial charge on any atom is -0.457 e. The number of fused-ring (bicyclic) bond motifs is 1. The second-order valence-corrected chi connectivity index (χ2v) is 5.65. The van der Waals surface area contributed by atoms with Crippen molar-refractivity contribution < 1.29 is 35.5 Å². The Morgan fingerprint density at radius 1 is 1.08 bits per heavy atom. The van der Waals surface area contributed by atoms with Crippen molar-refractivity contribution in [3.05, 3.63) is 58.4 Å². The van der Waals surface area contributed by atoms with Gasteiger partial charge in [-0.1, -0.05) is 0 Å². The number of benzene rings is 2. The van der Waals surface area contributed by atoms with E-state index < -0.39 is 52.9 Å². The van der Waals surface area contributed by atoms with Gasteiger partial charge in [0, 0.05) is 18.1 Å². The first-order valence-electron chi connectivity index (χ1n) is 7.15. The summed E-state index contributed by atoms with van der Waals surface area (Å²) in [6.07, 6.45) is -4.95. The summed E-state index contributed by atoms with van der Waals surface area (Å²) in [6.45, 7) is 0. The number of hydrogen-bond donors (Lipinski definition) is 0. The number of rotatable bonds is 3. The van der Waals surface area contributed by atoms with Gasteiger partial charge < -0.3 is 4.74 Å². The highest BCUT2D eigenvalue weighted by molar-refractivity contribution is 5.53. The van der Waals surface area contributed by atoms with Crippen molar-refractivity contribution in [3.63, 3.8) is 0 Å². The van der Waals surface area contributed by atoms with E-state index in [0.717, 1.165) is 18.2 Å². The lowest BCUT2D eigenvalue weighted by molar-refractivity contribution is -0.202. The second-order valence-electron chi connectivity index (χ2n) is 5.65. The lowest BCUT2D eigenvalue weighted by Gasteiger charge is -2.19. The number of alkyl halides is 6. The van der Waals surface area contributed by atoms with Crippen LogP contribution in [0.25, 0.3) is 0 Å². The molecule has 0 spiro atoms. The molecule has 0 amide bonds. The number of halogens is 7. The van der Waals surface area contributed by atoms with Crippen LogP contribution in [0.1, 0.15) is 28.7 Å². The SMILES string of the molecule is N#Cc1cc(F)cc(Oc2ccc3c(c2C(F)F)CC(F)(F)C3(F)F)c1. The van der Waals surface area contributed by atoms with E-state index >= 15 is 0 Å². The lowest BCUT2D eigenvalue weighted by atomic mass is 10.0. The maximum absolute atomic E-state index is 13.7.